The van der Waals surface area contributed by atoms with Crippen molar-refractivity contribution in [3.8, 4) is 11.5 Å². The summed E-state index contributed by atoms with van der Waals surface area (Å²) in [5, 5.41) is 3.95. The number of nitrogens with zero attached hydrogens (tertiary/aromatic N) is 1. The number of hydrogen-bond donors (Lipinski definition) is 0. The van der Waals surface area contributed by atoms with E-state index in [0.717, 1.165) is 23.6 Å². The molecule has 0 N–H and O–H groups in total. The fraction of sp³-hybridized carbons (Fsp3) is 0.444. The lowest BCUT2D eigenvalue weighted by atomic mass is 9.70. The first-order chi connectivity index (χ1) is 22.4. The van der Waals surface area contributed by atoms with E-state index in [-0.39, 0.29) is 27.1 Å². The van der Waals surface area contributed by atoms with Crippen LogP contribution in [0.25, 0.3) is 0 Å². The summed E-state index contributed by atoms with van der Waals surface area (Å²) < 4.78 is 7.42. The Balaban J connectivity index is 1.51. The van der Waals surface area contributed by atoms with E-state index < -0.39 is 7.92 Å². The van der Waals surface area contributed by atoms with Crippen molar-refractivity contribution in [2.24, 2.45) is 21.7 Å². The van der Waals surface area contributed by atoms with Crippen LogP contribution in [0.1, 0.15) is 118 Å². The molecule has 0 spiro atoms. The summed E-state index contributed by atoms with van der Waals surface area (Å²) in [7, 11) is -0.888. The summed E-state index contributed by atoms with van der Waals surface area (Å²) >= 11 is 0. The normalized spacial score (nSPS) is 23.2. The molecule has 0 saturated heterocycles. The second-order valence-corrected chi connectivity index (χ2v) is 20.2. The maximum atomic E-state index is 7.42. The minimum atomic E-state index is -0.888. The van der Waals surface area contributed by atoms with Gasteiger partial charge >= 0.3 is 0 Å². The fourth-order valence-electron chi connectivity index (χ4n) is 8.56. The number of fused-ring (bicyclic) bond motifs is 4. The average molecular weight is 656 g/mol. The van der Waals surface area contributed by atoms with Crippen molar-refractivity contribution in [3.63, 3.8) is 0 Å². The van der Waals surface area contributed by atoms with Crippen LogP contribution < -0.4 is 20.7 Å². The molecule has 0 radical (unpaired) electrons. The largest absolute Gasteiger partial charge is 0.454 e. The van der Waals surface area contributed by atoms with Crippen molar-refractivity contribution in [3.05, 3.63) is 107 Å². The van der Waals surface area contributed by atoms with Crippen LogP contribution in [0.3, 0.4) is 0 Å². The number of hydrogen-bond acceptors (Lipinski definition) is 2. The van der Waals surface area contributed by atoms with E-state index in [1.54, 1.807) is 0 Å². The van der Waals surface area contributed by atoms with E-state index in [1.807, 2.05) is 0 Å². The molecule has 48 heavy (non-hydrogen) atoms. The Labute approximate surface area is 291 Å². The minimum Gasteiger partial charge on any atom is -0.454 e. The molecular formula is C45H54NOP. The predicted octanol–water partition coefficient (Wildman–Crippen LogP) is 11.4. The molecule has 2 atom stereocenters. The van der Waals surface area contributed by atoms with E-state index in [0.29, 0.717) is 5.92 Å². The zero-order chi connectivity index (χ0) is 34.4. The highest BCUT2D eigenvalue weighted by Gasteiger charge is 2.60. The Morgan fingerprint density at radius 2 is 1.21 bits per heavy atom. The predicted molar refractivity (Wildman–Crippen MR) is 208 cm³/mol. The highest BCUT2D eigenvalue weighted by molar-refractivity contribution is 7.80. The van der Waals surface area contributed by atoms with E-state index in [1.165, 1.54) is 56.7 Å². The van der Waals surface area contributed by atoms with Crippen LogP contribution in [0.2, 0.25) is 0 Å². The van der Waals surface area contributed by atoms with Gasteiger partial charge in [-0.1, -0.05) is 149 Å². The Kier molecular flexibility index (Phi) is 7.73. The highest BCUT2D eigenvalue weighted by Crippen LogP contribution is 2.65. The molecule has 2 nitrogen and oxygen atoms in total. The summed E-state index contributed by atoms with van der Waals surface area (Å²) in [6, 6.07) is 31.8. The second-order valence-electron chi connectivity index (χ2n) is 18.0. The van der Waals surface area contributed by atoms with Gasteiger partial charge in [-0.3, -0.25) is 4.99 Å². The molecule has 3 aliphatic rings. The fourth-order valence-corrected chi connectivity index (χ4v) is 11.0. The van der Waals surface area contributed by atoms with Crippen molar-refractivity contribution in [1.82, 2.24) is 0 Å². The molecule has 2 bridgehead atoms. The molecule has 0 aromatic heterocycles. The van der Waals surface area contributed by atoms with E-state index in [2.05, 4.69) is 161 Å². The number of aliphatic imine (C=N–C) groups is 1. The van der Waals surface area contributed by atoms with Gasteiger partial charge < -0.3 is 4.74 Å². The maximum Gasteiger partial charge on any atom is 0.157 e. The summed E-state index contributed by atoms with van der Waals surface area (Å²) in [5.74, 6) is 2.66. The third kappa shape index (κ3) is 5.20. The summed E-state index contributed by atoms with van der Waals surface area (Å²) in [5.41, 5.74) is 7.59. The molecule has 1 aliphatic heterocycles. The zero-order valence-corrected chi connectivity index (χ0v) is 32.0. The molecule has 4 aromatic rings. The van der Waals surface area contributed by atoms with Crippen molar-refractivity contribution in [1.29, 1.82) is 0 Å². The van der Waals surface area contributed by atoms with Gasteiger partial charge in [0.25, 0.3) is 0 Å². The molecule has 2 aliphatic carbocycles. The van der Waals surface area contributed by atoms with Gasteiger partial charge in [-0.2, -0.15) is 0 Å². The zero-order valence-electron chi connectivity index (χ0n) is 31.1. The van der Waals surface area contributed by atoms with Crippen LogP contribution >= 0.6 is 7.92 Å². The lowest BCUT2D eigenvalue weighted by Crippen LogP contribution is -2.33. The first-order valence-electron chi connectivity index (χ1n) is 18.0. The Morgan fingerprint density at radius 3 is 1.69 bits per heavy atom. The molecule has 0 amide bonds. The van der Waals surface area contributed by atoms with Gasteiger partial charge in [-0.25, -0.2) is 0 Å². The number of ether oxygens (including phenoxy) is 1. The van der Waals surface area contributed by atoms with Gasteiger partial charge in [0.15, 0.2) is 5.75 Å². The smallest absolute Gasteiger partial charge is 0.157 e. The lowest BCUT2D eigenvalue weighted by molar-refractivity contribution is 0.194. The number of benzene rings is 4. The highest BCUT2D eigenvalue weighted by atomic mass is 31.1. The average Bonchev–Trinajstić information content (AvgIpc) is 3.35. The Bertz CT molecular complexity index is 1870. The molecule has 1 heterocycles. The van der Waals surface area contributed by atoms with Crippen LogP contribution in [-0.2, 0) is 16.2 Å². The van der Waals surface area contributed by atoms with Gasteiger partial charge in [0.05, 0.1) is 0 Å². The van der Waals surface area contributed by atoms with Gasteiger partial charge in [0.1, 0.15) is 11.4 Å². The third-order valence-electron chi connectivity index (χ3n) is 12.5. The monoisotopic (exact) mass is 655 g/mol. The Hall–Kier alpha value is -3.22. The molecule has 7 rings (SSSR count). The van der Waals surface area contributed by atoms with Crippen molar-refractivity contribution in [2.45, 2.75) is 112 Å². The molecular weight excluding hydrogens is 601 g/mol. The summed E-state index contributed by atoms with van der Waals surface area (Å²) in [4.78, 5) is 5.68. The third-order valence-corrected chi connectivity index (χ3v) is 14.9. The first kappa shape index (κ1) is 33.3. The maximum absolute atomic E-state index is 7.42. The first-order valence-corrected chi connectivity index (χ1v) is 19.3. The van der Waals surface area contributed by atoms with Gasteiger partial charge in [0, 0.05) is 33.0 Å². The standard InChI is InChI=1S/C45H54NOP/c1-41(2,3)30-24-34-39(36(26-30)46-38-28-29-22-23-45(38,11)44(29,9)10)47-40-35(43(34,7)8)25-31(42(4,5)6)27-37(40)48(32-18-14-12-15-19-32)33-20-16-13-17-21-33/h12-21,24-27,29H,22-23,28H2,1-11H3/t29-,45+/m1/s1. The molecule has 0 unspecified atom stereocenters. The van der Waals surface area contributed by atoms with Crippen LogP contribution in [0, 0.1) is 16.7 Å². The summed E-state index contributed by atoms with van der Waals surface area (Å²) in [6.07, 6.45) is 3.62. The second kappa shape index (κ2) is 11.1. The SMILES string of the molecule is CC(C)(C)c1cc(N=C2C[C@H]3CC[C@]2(C)C3(C)C)c2c(c1)C(C)(C)c1cc(C(C)(C)C)cc(P(c3ccccc3)c3ccccc3)c1O2. The minimum absolute atomic E-state index is 0.0223. The number of rotatable bonds is 4. The quantitative estimate of drug-likeness (QED) is 0.201. The van der Waals surface area contributed by atoms with E-state index in [9.17, 15) is 0 Å². The molecule has 250 valence electrons. The van der Waals surface area contributed by atoms with Crippen molar-refractivity contribution in [2.75, 3.05) is 0 Å². The van der Waals surface area contributed by atoms with Crippen LogP contribution in [0.5, 0.6) is 11.5 Å². The van der Waals surface area contributed by atoms with Gasteiger partial charge in [0.2, 0.25) is 0 Å². The molecule has 3 heteroatoms. The topological polar surface area (TPSA) is 21.6 Å². The van der Waals surface area contributed by atoms with Crippen molar-refractivity contribution < 1.29 is 4.74 Å². The van der Waals surface area contributed by atoms with Crippen molar-refractivity contribution >= 4 is 35.2 Å². The van der Waals surface area contributed by atoms with E-state index >= 15 is 0 Å². The van der Waals surface area contributed by atoms with Gasteiger partial charge in [-0.05, 0) is 83.2 Å². The molecule has 2 fully saturated rings. The van der Waals surface area contributed by atoms with Crippen LogP contribution in [0.4, 0.5) is 5.69 Å². The molecule has 4 aromatic carbocycles. The summed E-state index contributed by atoms with van der Waals surface area (Å²) in [6.45, 7) is 26.2. The lowest BCUT2D eigenvalue weighted by Gasteiger charge is -2.40. The van der Waals surface area contributed by atoms with Crippen LogP contribution in [0.15, 0.2) is 89.9 Å². The van der Waals surface area contributed by atoms with E-state index in [4.69, 9.17) is 9.73 Å². The van der Waals surface area contributed by atoms with Gasteiger partial charge in [-0.15, -0.1) is 0 Å². The molecule has 2 saturated carbocycles. The Morgan fingerprint density at radius 1 is 0.688 bits per heavy atom. The van der Waals surface area contributed by atoms with Crippen LogP contribution in [-0.4, -0.2) is 5.71 Å².